The predicted molar refractivity (Wildman–Crippen MR) is 177 cm³/mol. The van der Waals surface area contributed by atoms with Crippen molar-refractivity contribution < 1.29 is 14.3 Å². The Kier molecular flexibility index (Phi) is 5.17. The largest absolute Gasteiger partial charge is 0.452 e. The van der Waals surface area contributed by atoms with E-state index in [0.717, 1.165) is 66.4 Å². The van der Waals surface area contributed by atoms with E-state index in [1.165, 1.54) is 0 Å². The summed E-state index contributed by atoms with van der Waals surface area (Å²) in [6.45, 7) is 0. The molecule has 4 heteroatoms. The van der Waals surface area contributed by atoms with Gasteiger partial charge in [0.15, 0.2) is 23.1 Å². The quantitative estimate of drug-likeness (QED) is 0.155. The standard InChI is InChI=1S/C40H23NO3/c42-38-32-20-25-8-4-5-9-26(25)21-33(32)39(43)34(38)19-24-14-16-31-29(18-24)15-17-35-40(31)44-37-23-28-11-7-6-10-27(28)22-36(37)41(35)30-12-2-1-3-13-30/h1-23H. The molecule has 1 aliphatic carbocycles. The number of allylic oxidation sites excluding steroid dienone is 1. The normalized spacial score (nSPS) is 13.6. The molecule has 0 unspecified atom stereocenters. The number of para-hydroxylation sites is 1. The summed E-state index contributed by atoms with van der Waals surface area (Å²) in [5.74, 6) is 1.09. The Balaban J connectivity index is 1.16. The Morgan fingerprint density at radius 3 is 1.82 bits per heavy atom. The zero-order valence-corrected chi connectivity index (χ0v) is 23.5. The minimum atomic E-state index is -0.230. The SMILES string of the molecule is O=C1C(=Cc2ccc3c4c(ccc3c2)N(c2ccccc2)c2cc3ccccc3cc2O4)C(=O)c2cc3ccccc3cc21. The van der Waals surface area contributed by atoms with Crippen molar-refractivity contribution in [1.29, 1.82) is 0 Å². The van der Waals surface area contributed by atoms with Crippen LogP contribution in [-0.4, -0.2) is 11.6 Å². The molecule has 0 bridgehead atoms. The van der Waals surface area contributed by atoms with E-state index in [0.29, 0.717) is 11.1 Å². The monoisotopic (exact) mass is 565 g/mol. The molecule has 0 atom stereocenters. The molecule has 0 fully saturated rings. The van der Waals surface area contributed by atoms with E-state index < -0.39 is 0 Å². The predicted octanol–water partition coefficient (Wildman–Crippen LogP) is 10.2. The molecule has 206 valence electrons. The summed E-state index contributed by atoms with van der Waals surface area (Å²) in [7, 11) is 0. The molecule has 0 saturated heterocycles. The molecule has 44 heavy (non-hydrogen) atoms. The molecule has 1 aliphatic heterocycles. The summed E-state index contributed by atoms with van der Waals surface area (Å²) in [5.41, 5.74) is 4.88. The first-order valence-corrected chi connectivity index (χ1v) is 14.6. The fourth-order valence-corrected chi connectivity index (χ4v) is 6.55. The molecule has 0 amide bonds. The number of carbonyl (C=O) groups excluding carboxylic acids is 2. The highest BCUT2D eigenvalue weighted by Gasteiger charge is 2.33. The Morgan fingerprint density at radius 1 is 0.523 bits per heavy atom. The molecular weight excluding hydrogens is 542 g/mol. The smallest absolute Gasteiger partial charge is 0.197 e. The topological polar surface area (TPSA) is 46.6 Å². The van der Waals surface area contributed by atoms with E-state index in [2.05, 4.69) is 53.4 Å². The number of ketones is 2. The van der Waals surface area contributed by atoms with Gasteiger partial charge < -0.3 is 9.64 Å². The summed E-state index contributed by atoms with van der Waals surface area (Å²) in [5, 5.41) is 6.05. The molecule has 0 radical (unpaired) electrons. The molecule has 7 aromatic rings. The van der Waals surface area contributed by atoms with Gasteiger partial charge in [0, 0.05) is 22.2 Å². The van der Waals surface area contributed by atoms with E-state index in [-0.39, 0.29) is 17.1 Å². The number of fused-ring (bicyclic) bond motifs is 7. The van der Waals surface area contributed by atoms with Gasteiger partial charge in [-0.2, -0.15) is 0 Å². The third-order valence-corrected chi connectivity index (χ3v) is 8.68. The van der Waals surface area contributed by atoms with Crippen LogP contribution in [0.15, 0.2) is 139 Å². The minimum absolute atomic E-state index is 0.194. The van der Waals surface area contributed by atoms with Gasteiger partial charge in [0.2, 0.25) is 0 Å². The van der Waals surface area contributed by atoms with Gasteiger partial charge in [-0.15, -0.1) is 0 Å². The third-order valence-electron chi connectivity index (χ3n) is 8.68. The number of benzene rings is 7. The van der Waals surface area contributed by atoms with Gasteiger partial charge in [-0.05, 0) is 93.2 Å². The Labute approximate surface area is 253 Å². The average molecular weight is 566 g/mol. The van der Waals surface area contributed by atoms with Gasteiger partial charge in [-0.3, -0.25) is 9.59 Å². The Morgan fingerprint density at radius 2 is 1.14 bits per heavy atom. The van der Waals surface area contributed by atoms with Crippen LogP contribution >= 0.6 is 0 Å². The van der Waals surface area contributed by atoms with Gasteiger partial charge in [0.1, 0.15) is 0 Å². The van der Waals surface area contributed by atoms with Crippen molar-refractivity contribution in [3.8, 4) is 11.5 Å². The highest BCUT2D eigenvalue weighted by Crippen LogP contribution is 2.53. The molecule has 4 nitrogen and oxygen atoms in total. The van der Waals surface area contributed by atoms with Crippen LogP contribution in [0.4, 0.5) is 17.1 Å². The fourth-order valence-electron chi connectivity index (χ4n) is 6.55. The molecule has 0 aromatic heterocycles. The van der Waals surface area contributed by atoms with Crippen molar-refractivity contribution in [2.45, 2.75) is 0 Å². The highest BCUT2D eigenvalue weighted by atomic mass is 16.5. The lowest BCUT2D eigenvalue weighted by atomic mass is 10.00. The number of hydrogen-bond acceptors (Lipinski definition) is 4. The number of anilines is 3. The van der Waals surface area contributed by atoms with Gasteiger partial charge in [-0.25, -0.2) is 0 Å². The number of rotatable bonds is 2. The van der Waals surface area contributed by atoms with Crippen LogP contribution in [0.25, 0.3) is 38.4 Å². The lowest BCUT2D eigenvalue weighted by Gasteiger charge is -2.34. The Bertz CT molecular complexity index is 2350. The first kappa shape index (κ1) is 24.6. The number of carbonyl (C=O) groups is 2. The molecule has 7 aromatic carbocycles. The van der Waals surface area contributed by atoms with Crippen molar-refractivity contribution >= 4 is 67.0 Å². The molecule has 0 spiro atoms. The number of ether oxygens (including phenoxy) is 1. The molecular formula is C40H23NO3. The highest BCUT2D eigenvalue weighted by molar-refractivity contribution is 6.42. The average Bonchev–Trinajstić information content (AvgIpc) is 3.29. The molecule has 0 N–H and O–H groups in total. The van der Waals surface area contributed by atoms with E-state index >= 15 is 0 Å². The van der Waals surface area contributed by atoms with Crippen LogP contribution in [0.5, 0.6) is 11.5 Å². The maximum absolute atomic E-state index is 13.4. The summed E-state index contributed by atoms with van der Waals surface area (Å²) in [6, 6.07) is 44.4. The van der Waals surface area contributed by atoms with Crippen LogP contribution in [-0.2, 0) is 0 Å². The van der Waals surface area contributed by atoms with Crippen molar-refractivity contribution in [1.82, 2.24) is 0 Å². The Hall–Kier alpha value is -6.00. The summed E-state index contributed by atoms with van der Waals surface area (Å²) in [4.78, 5) is 29.0. The van der Waals surface area contributed by atoms with E-state index in [9.17, 15) is 9.59 Å². The molecule has 0 saturated carbocycles. The lowest BCUT2D eigenvalue weighted by Crippen LogP contribution is -2.16. The van der Waals surface area contributed by atoms with Crippen LogP contribution in [0.2, 0.25) is 0 Å². The number of nitrogens with zero attached hydrogens (tertiary/aromatic N) is 1. The summed E-state index contributed by atoms with van der Waals surface area (Å²) >= 11 is 0. The van der Waals surface area contributed by atoms with Gasteiger partial charge in [-0.1, -0.05) is 78.9 Å². The molecule has 9 rings (SSSR count). The van der Waals surface area contributed by atoms with Crippen molar-refractivity contribution in [3.05, 3.63) is 156 Å². The number of hydrogen-bond donors (Lipinski definition) is 0. The van der Waals surface area contributed by atoms with Crippen LogP contribution in [0, 0.1) is 0 Å². The van der Waals surface area contributed by atoms with Gasteiger partial charge in [0.05, 0.1) is 16.9 Å². The second-order valence-electron chi connectivity index (χ2n) is 11.3. The van der Waals surface area contributed by atoms with Crippen LogP contribution in [0.1, 0.15) is 26.3 Å². The van der Waals surface area contributed by atoms with Gasteiger partial charge in [0.25, 0.3) is 0 Å². The van der Waals surface area contributed by atoms with Crippen LogP contribution < -0.4 is 9.64 Å². The maximum atomic E-state index is 13.4. The summed E-state index contributed by atoms with van der Waals surface area (Å²) in [6.07, 6.45) is 1.72. The minimum Gasteiger partial charge on any atom is -0.452 e. The molecule has 1 heterocycles. The lowest BCUT2D eigenvalue weighted by molar-refractivity contribution is 0.0990. The maximum Gasteiger partial charge on any atom is 0.197 e. The van der Waals surface area contributed by atoms with E-state index in [4.69, 9.17) is 4.74 Å². The zero-order valence-electron chi connectivity index (χ0n) is 23.5. The first-order valence-electron chi connectivity index (χ1n) is 14.6. The van der Waals surface area contributed by atoms with Crippen LogP contribution in [0.3, 0.4) is 0 Å². The van der Waals surface area contributed by atoms with Crippen molar-refractivity contribution in [3.63, 3.8) is 0 Å². The summed E-state index contributed by atoms with van der Waals surface area (Å²) < 4.78 is 6.67. The molecule has 2 aliphatic rings. The second kappa shape index (κ2) is 9.25. The zero-order chi connectivity index (χ0) is 29.4. The van der Waals surface area contributed by atoms with E-state index in [1.807, 2.05) is 84.9 Å². The number of Topliss-reactive ketones (excluding diaryl/α,β-unsaturated/α-hetero) is 2. The third kappa shape index (κ3) is 3.64. The van der Waals surface area contributed by atoms with Crippen molar-refractivity contribution in [2.24, 2.45) is 0 Å². The first-order chi connectivity index (χ1) is 21.6. The fraction of sp³-hybridized carbons (Fsp3) is 0. The van der Waals surface area contributed by atoms with Gasteiger partial charge >= 0.3 is 0 Å². The van der Waals surface area contributed by atoms with Crippen molar-refractivity contribution in [2.75, 3.05) is 4.90 Å². The second-order valence-corrected chi connectivity index (χ2v) is 11.3. The van der Waals surface area contributed by atoms with E-state index in [1.54, 1.807) is 6.08 Å².